The third-order valence-electron chi connectivity index (χ3n) is 3.90. The Kier molecular flexibility index (Phi) is 3.51. The highest BCUT2D eigenvalue weighted by molar-refractivity contribution is 5.87. The lowest BCUT2D eigenvalue weighted by Crippen LogP contribution is -2.29. The molecule has 0 spiro atoms. The molecular formula is C15H22N2. The summed E-state index contributed by atoms with van der Waals surface area (Å²) >= 11 is 0. The molecule has 2 rings (SSSR count). The first-order chi connectivity index (χ1) is 8.16. The van der Waals surface area contributed by atoms with Crippen molar-refractivity contribution in [1.82, 2.24) is 0 Å². The molecular weight excluding hydrogens is 208 g/mol. The number of allylic oxidation sites excluding steroid dienone is 4. The van der Waals surface area contributed by atoms with Crippen LogP contribution in [0.1, 0.15) is 39.0 Å². The van der Waals surface area contributed by atoms with Gasteiger partial charge in [0.25, 0.3) is 0 Å². The van der Waals surface area contributed by atoms with Crippen molar-refractivity contribution < 1.29 is 0 Å². The number of rotatable bonds is 4. The van der Waals surface area contributed by atoms with Crippen LogP contribution >= 0.6 is 0 Å². The predicted molar refractivity (Wildman–Crippen MR) is 74.0 cm³/mol. The lowest BCUT2D eigenvalue weighted by molar-refractivity contribution is 0.392. The molecule has 0 saturated carbocycles. The number of nitrogens with two attached hydrogens (primary N) is 1. The fraction of sp³-hybridized carbons (Fsp3) is 0.533. The summed E-state index contributed by atoms with van der Waals surface area (Å²) in [5.74, 6) is 0. The van der Waals surface area contributed by atoms with Gasteiger partial charge < -0.3 is 5.73 Å². The Balaban J connectivity index is 2.12. The summed E-state index contributed by atoms with van der Waals surface area (Å²) in [5, 5.41) is 0. The molecule has 0 amide bonds. The molecule has 2 nitrogen and oxygen atoms in total. The summed E-state index contributed by atoms with van der Waals surface area (Å²) in [6, 6.07) is 0. The van der Waals surface area contributed by atoms with Crippen LogP contribution in [0.2, 0.25) is 0 Å². The molecule has 17 heavy (non-hydrogen) atoms. The SMILES string of the molecule is C=C(N)C1(CC2=CC=CCC2)CN=C(CC)C1. The molecule has 1 aliphatic carbocycles. The van der Waals surface area contributed by atoms with E-state index in [4.69, 9.17) is 5.73 Å². The van der Waals surface area contributed by atoms with E-state index >= 15 is 0 Å². The average molecular weight is 230 g/mol. The van der Waals surface area contributed by atoms with Gasteiger partial charge in [-0.2, -0.15) is 0 Å². The van der Waals surface area contributed by atoms with E-state index in [0.717, 1.165) is 44.3 Å². The number of nitrogens with zero attached hydrogens (tertiary/aromatic N) is 1. The zero-order valence-corrected chi connectivity index (χ0v) is 10.7. The van der Waals surface area contributed by atoms with Crippen LogP contribution < -0.4 is 5.73 Å². The van der Waals surface area contributed by atoms with E-state index in [1.165, 1.54) is 11.3 Å². The van der Waals surface area contributed by atoms with Crippen molar-refractivity contribution >= 4 is 5.71 Å². The maximum atomic E-state index is 6.05. The summed E-state index contributed by atoms with van der Waals surface area (Å²) in [6.45, 7) is 6.99. The molecule has 0 aromatic rings. The van der Waals surface area contributed by atoms with Gasteiger partial charge in [-0.3, -0.25) is 4.99 Å². The largest absolute Gasteiger partial charge is 0.402 e. The molecule has 0 fully saturated rings. The Labute approximate surface area is 104 Å². The second-order valence-electron chi connectivity index (χ2n) is 5.19. The molecule has 2 aliphatic rings. The fourth-order valence-corrected chi connectivity index (χ4v) is 2.68. The van der Waals surface area contributed by atoms with Gasteiger partial charge in [0.1, 0.15) is 0 Å². The maximum absolute atomic E-state index is 6.05. The van der Waals surface area contributed by atoms with Gasteiger partial charge in [0.2, 0.25) is 0 Å². The number of hydrogen-bond acceptors (Lipinski definition) is 2. The van der Waals surface area contributed by atoms with Gasteiger partial charge in [0.05, 0.1) is 6.54 Å². The minimum absolute atomic E-state index is 0.00234. The molecule has 0 bridgehead atoms. The van der Waals surface area contributed by atoms with Crippen molar-refractivity contribution in [2.75, 3.05) is 6.54 Å². The lowest BCUT2D eigenvalue weighted by atomic mass is 9.75. The first-order valence-electron chi connectivity index (χ1n) is 6.48. The van der Waals surface area contributed by atoms with E-state index in [9.17, 15) is 0 Å². The first-order valence-corrected chi connectivity index (χ1v) is 6.48. The lowest BCUT2D eigenvalue weighted by Gasteiger charge is -2.30. The summed E-state index contributed by atoms with van der Waals surface area (Å²) in [4.78, 5) is 4.63. The molecule has 0 radical (unpaired) electrons. The third kappa shape index (κ3) is 2.51. The smallest absolute Gasteiger partial charge is 0.0506 e. The number of hydrogen-bond donors (Lipinski definition) is 1. The summed E-state index contributed by atoms with van der Waals surface area (Å²) in [6.07, 6.45) is 12.0. The summed E-state index contributed by atoms with van der Waals surface area (Å²) < 4.78 is 0. The monoisotopic (exact) mass is 230 g/mol. The fourth-order valence-electron chi connectivity index (χ4n) is 2.68. The van der Waals surface area contributed by atoms with Crippen LogP contribution in [-0.4, -0.2) is 12.3 Å². The van der Waals surface area contributed by atoms with Gasteiger partial charge in [0.15, 0.2) is 0 Å². The Bertz CT molecular complexity index is 401. The Morgan fingerprint density at radius 3 is 2.94 bits per heavy atom. The molecule has 0 saturated heterocycles. The van der Waals surface area contributed by atoms with Crippen LogP contribution in [0.4, 0.5) is 0 Å². The second-order valence-corrected chi connectivity index (χ2v) is 5.19. The highest BCUT2D eigenvalue weighted by Gasteiger charge is 2.37. The van der Waals surface area contributed by atoms with Gasteiger partial charge in [-0.25, -0.2) is 0 Å². The highest BCUT2D eigenvalue weighted by Crippen LogP contribution is 2.41. The standard InChI is InChI=1S/C15H22N2/c1-3-14-10-15(11-17-14,12(2)16)9-13-7-5-4-6-8-13/h4-5,7H,2-3,6,8-11,16H2,1H3. The van der Waals surface area contributed by atoms with E-state index in [2.05, 4.69) is 36.7 Å². The molecule has 1 atom stereocenters. The van der Waals surface area contributed by atoms with Crippen molar-refractivity contribution in [2.24, 2.45) is 16.1 Å². The van der Waals surface area contributed by atoms with Crippen LogP contribution in [0.5, 0.6) is 0 Å². The van der Waals surface area contributed by atoms with Crippen LogP contribution in [0.25, 0.3) is 0 Å². The van der Waals surface area contributed by atoms with Crippen molar-refractivity contribution in [3.8, 4) is 0 Å². The van der Waals surface area contributed by atoms with Crippen molar-refractivity contribution in [3.63, 3.8) is 0 Å². The van der Waals surface area contributed by atoms with E-state index in [1.54, 1.807) is 0 Å². The average Bonchev–Trinajstić information content (AvgIpc) is 2.75. The second kappa shape index (κ2) is 4.91. The molecule has 1 unspecified atom stereocenters. The van der Waals surface area contributed by atoms with Crippen LogP contribution in [0.15, 0.2) is 41.1 Å². The van der Waals surface area contributed by atoms with Crippen molar-refractivity contribution in [3.05, 3.63) is 36.1 Å². The van der Waals surface area contributed by atoms with Gasteiger partial charge in [0, 0.05) is 16.8 Å². The van der Waals surface area contributed by atoms with Crippen LogP contribution in [0, 0.1) is 5.41 Å². The molecule has 2 N–H and O–H groups in total. The normalized spacial score (nSPS) is 27.8. The molecule has 1 heterocycles. The van der Waals surface area contributed by atoms with Gasteiger partial charge in [-0.15, -0.1) is 0 Å². The zero-order valence-electron chi connectivity index (χ0n) is 10.7. The van der Waals surface area contributed by atoms with Gasteiger partial charge >= 0.3 is 0 Å². The van der Waals surface area contributed by atoms with E-state index < -0.39 is 0 Å². The molecule has 0 aromatic carbocycles. The van der Waals surface area contributed by atoms with Gasteiger partial charge in [-0.05, 0) is 32.1 Å². The first kappa shape index (κ1) is 12.2. The predicted octanol–water partition coefficient (Wildman–Crippen LogP) is 3.37. The molecule has 2 heteroatoms. The minimum atomic E-state index is 0.00234. The van der Waals surface area contributed by atoms with E-state index in [0.29, 0.717) is 0 Å². The molecule has 1 aliphatic heterocycles. The Morgan fingerprint density at radius 1 is 1.59 bits per heavy atom. The highest BCUT2D eigenvalue weighted by atomic mass is 14.8. The Morgan fingerprint density at radius 2 is 2.41 bits per heavy atom. The molecule has 0 aromatic heterocycles. The van der Waals surface area contributed by atoms with Crippen LogP contribution in [0.3, 0.4) is 0 Å². The van der Waals surface area contributed by atoms with Gasteiger partial charge in [-0.1, -0.05) is 37.3 Å². The van der Waals surface area contributed by atoms with Crippen LogP contribution in [-0.2, 0) is 0 Å². The van der Waals surface area contributed by atoms with Crippen molar-refractivity contribution in [1.29, 1.82) is 0 Å². The Hall–Kier alpha value is -1.31. The quantitative estimate of drug-likeness (QED) is 0.790. The molecule has 92 valence electrons. The topological polar surface area (TPSA) is 38.4 Å². The maximum Gasteiger partial charge on any atom is 0.0506 e. The zero-order chi connectivity index (χ0) is 12.3. The van der Waals surface area contributed by atoms with Crippen molar-refractivity contribution in [2.45, 2.75) is 39.0 Å². The minimum Gasteiger partial charge on any atom is -0.402 e. The van der Waals surface area contributed by atoms with E-state index in [-0.39, 0.29) is 5.41 Å². The summed E-state index contributed by atoms with van der Waals surface area (Å²) in [7, 11) is 0. The third-order valence-corrected chi connectivity index (χ3v) is 3.90. The van der Waals surface area contributed by atoms with E-state index in [1.807, 2.05) is 0 Å². The summed E-state index contributed by atoms with van der Waals surface area (Å²) in [5.41, 5.74) is 9.65. The number of aliphatic imine (C=N–C) groups is 1.